The van der Waals surface area contributed by atoms with E-state index in [1.165, 1.54) is 4.31 Å². The Bertz CT molecular complexity index is 741. The Balaban J connectivity index is 2.01. The second-order valence-electron chi connectivity index (χ2n) is 7.87. The number of benzene rings is 1. The fraction of sp³-hybridized carbons (Fsp3) is 0.650. The maximum absolute atomic E-state index is 12.9. The van der Waals surface area contributed by atoms with E-state index in [0.29, 0.717) is 36.7 Å². The van der Waals surface area contributed by atoms with Crippen LogP contribution in [0.5, 0.6) is 0 Å². The molecule has 1 aromatic rings. The van der Waals surface area contributed by atoms with Crippen LogP contribution < -0.4 is 5.32 Å². The van der Waals surface area contributed by atoms with Crippen LogP contribution in [-0.2, 0) is 14.8 Å². The number of rotatable bonds is 7. The molecule has 2 rings (SSSR count). The number of aryl methyl sites for hydroxylation is 1. The summed E-state index contributed by atoms with van der Waals surface area (Å²) in [5.41, 5.74) is 0.924. The number of carbonyl (C=O) groups excluding carboxylic acids is 1. The Morgan fingerprint density at radius 2 is 1.93 bits per heavy atom. The topological polar surface area (TPSA) is 69.7 Å². The smallest absolute Gasteiger partial charge is 0.243 e. The van der Waals surface area contributed by atoms with Gasteiger partial charge in [-0.3, -0.25) is 4.79 Å². The van der Waals surface area contributed by atoms with Crippen molar-refractivity contribution < 1.29 is 13.2 Å². The lowest BCUT2D eigenvalue weighted by atomic mass is 10.00. The second kappa shape index (κ2) is 9.17. The highest BCUT2D eigenvalue weighted by Crippen LogP contribution is 2.24. The predicted octanol–water partition coefficient (Wildman–Crippen LogP) is 2.24. The molecule has 0 spiro atoms. The van der Waals surface area contributed by atoms with Crippen LogP contribution in [0, 0.1) is 12.8 Å². The molecule has 7 heteroatoms. The van der Waals surface area contributed by atoms with E-state index in [2.05, 4.69) is 19.2 Å². The first-order chi connectivity index (χ1) is 12.7. The first kappa shape index (κ1) is 21.9. The summed E-state index contributed by atoms with van der Waals surface area (Å²) in [4.78, 5) is 14.9. The fourth-order valence-electron chi connectivity index (χ4n) is 3.62. The highest BCUT2D eigenvalue weighted by molar-refractivity contribution is 7.89. The van der Waals surface area contributed by atoms with Crippen LogP contribution >= 0.6 is 0 Å². The van der Waals surface area contributed by atoms with Crippen molar-refractivity contribution >= 4 is 15.9 Å². The molecule has 1 atom stereocenters. The minimum Gasteiger partial charge on any atom is -0.341 e. The Kier molecular flexibility index (Phi) is 7.42. The number of nitrogens with one attached hydrogen (secondary N) is 1. The highest BCUT2D eigenvalue weighted by atomic mass is 32.2. The predicted molar refractivity (Wildman–Crippen MR) is 108 cm³/mol. The number of amides is 1. The molecule has 6 nitrogen and oxygen atoms in total. The van der Waals surface area contributed by atoms with E-state index in [1.54, 1.807) is 25.2 Å². The summed E-state index contributed by atoms with van der Waals surface area (Å²) in [6.45, 7) is 7.28. The van der Waals surface area contributed by atoms with E-state index in [0.717, 1.165) is 12.0 Å². The molecule has 0 aromatic heterocycles. The van der Waals surface area contributed by atoms with Crippen molar-refractivity contribution in [1.29, 1.82) is 0 Å². The summed E-state index contributed by atoms with van der Waals surface area (Å²) in [7, 11) is -0.0510. The molecule has 0 aliphatic carbocycles. The van der Waals surface area contributed by atoms with Crippen molar-refractivity contribution in [3.05, 3.63) is 29.8 Å². The molecule has 0 saturated carbocycles. The summed E-state index contributed by atoms with van der Waals surface area (Å²) >= 11 is 0. The normalized spacial score (nSPS) is 17.5. The average Bonchev–Trinajstić information content (AvgIpc) is 2.65. The third kappa shape index (κ3) is 5.30. The second-order valence-corrected chi connectivity index (χ2v) is 9.86. The minimum absolute atomic E-state index is 0.0855. The van der Waals surface area contributed by atoms with Crippen molar-refractivity contribution in [2.75, 3.05) is 27.2 Å². The molecule has 0 radical (unpaired) electrons. The Labute approximate surface area is 164 Å². The van der Waals surface area contributed by atoms with Gasteiger partial charge in [0.05, 0.1) is 10.9 Å². The van der Waals surface area contributed by atoms with Gasteiger partial charge in [0.2, 0.25) is 15.9 Å². The van der Waals surface area contributed by atoms with Gasteiger partial charge in [0.1, 0.15) is 0 Å². The van der Waals surface area contributed by atoms with Crippen LogP contribution in [-0.4, -0.2) is 62.8 Å². The summed E-state index contributed by atoms with van der Waals surface area (Å²) < 4.78 is 27.3. The number of likely N-dealkylation sites (N-methyl/N-ethyl adjacent to an activating group) is 1. The summed E-state index contributed by atoms with van der Waals surface area (Å²) in [5.74, 6) is 0.559. The molecule has 1 fully saturated rings. The van der Waals surface area contributed by atoms with E-state index >= 15 is 0 Å². The fourth-order valence-corrected chi connectivity index (χ4v) is 5.14. The van der Waals surface area contributed by atoms with Gasteiger partial charge in [-0.25, -0.2) is 8.42 Å². The Hall–Kier alpha value is -1.44. The van der Waals surface area contributed by atoms with Gasteiger partial charge in [-0.2, -0.15) is 4.31 Å². The minimum atomic E-state index is -3.52. The SMILES string of the molecule is CN[C@H](CC(C)C)C(=O)N1CCC(N(C)S(=O)(=O)c2cccc(C)c2)CC1. The van der Waals surface area contributed by atoms with E-state index in [1.807, 2.05) is 24.9 Å². The van der Waals surface area contributed by atoms with E-state index in [4.69, 9.17) is 0 Å². The molecule has 1 saturated heterocycles. The van der Waals surface area contributed by atoms with E-state index in [-0.39, 0.29) is 18.0 Å². The third-order valence-electron chi connectivity index (χ3n) is 5.31. The summed E-state index contributed by atoms with van der Waals surface area (Å²) in [6.07, 6.45) is 2.12. The molecule has 1 N–H and O–H groups in total. The zero-order chi connectivity index (χ0) is 20.2. The van der Waals surface area contributed by atoms with Gasteiger partial charge in [-0.1, -0.05) is 26.0 Å². The van der Waals surface area contributed by atoms with Gasteiger partial charge in [0.15, 0.2) is 0 Å². The molecule has 0 bridgehead atoms. The standard InChI is InChI=1S/C20H33N3O3S/c1-15(2)13-19(21-4)20(24)23-11-9-17(10-12-23)22(5)27(25,26)18-8-6-7-16(3)14-18/h6-8,14-15,17,19,21H,9-13H2,1-5H3/t19-/m1/s1. The van der Waals surface area contributed by atoms with Crippen LogP contribution in [0.15, 0.2) is 29.2 Å². The first-order valence-corrected chi connectivity index (χ1v) is 11.1. The lowest BCUT2D eigenvalue weighted by molar-refractivity contribution is -0.135. The monoisotopic (exact) mass is 395 g/mol. The lowest BCUT2D eigenvalue weighted by Gasteiger charge is -2.37. The summed E-state index contributed by atoms with van der Waals surface area (Å²) in [5, 5.41) is 3.12. The largest absolute Gasteiger partial charge is 0.341 e. The van der Waals surface area contributed by atoms with Crippen LogP contribution in [0.1, 0.15) is 38.7 Å². The number of piperidine rings is 1. The van der Waals surface area contributed by atoms with Crippen LogP contribution in [0.2, 0.25) is 0 Å². The number of sulfonamides is 1. The van der Waals surface area contributed by atoms with E-state index in [9.17, 15) is 13.2 Å². The van der Waals surface area contributed by atoms with Gasteiger partial charge < -0.3 is 10.2 Å². The summed E-state index contributed by atoms with van der Waals surface area (Å²) in [6, 6.07) is 6.74. The van der Waals surface area contributed by atoms with Crippen molar-refractivity contribution in [1.82, 2.24) is 14.5 Å². The number of hydrogen-bond donors (Lipinski definition) is 1. The van der Waals surface area contributed by atoms with Gasteiger partial charge in [0, 0.05) is 26.2 Å². The molecule has 1 aromatic carbocycles. The van der Waals surface area contributed by atoms with Crippen LogP contribution in [0.3, 0.4) is 0 Å². The van der Waals surface area contributed by atoms with E-state index < -0.39 is 10.0 Å². The molecular formula is C20H33N3O3S. The average molecular weight is 396 g/mol. The Morgan fingerprint density at radius 1 is 1.30 bits per heavy atom. The number of likely N-dealkylation sites (tertiary alicyclic amines) is 1. The van der Waals surface area contributed by atoms with Gasteiger partial charge in [-0.15, -0.1) is 0 Å². The molecule has 1 heterocycles. The number of nitrogens with zero attached hydrogens (tertiary/aromatic N) is 2. The number of hydrogen-bond acceptors (Lipinski definition) is 4. The molecule has 27 heavy (non-hydrogen) atoms. The quantitative estimate of drug-likeness (QED) is 0.769. The van der Waals surface area contributed by atoms with Crippen LogP contribution in [0.4, 0.5) is 0 Å². The van der Waals surface area contributed by atoms with Crippen molar-refractivity contribution in [3.8, 4) is 0 Å². The lowest BCUT2D eigenvalue weighted by Crippen LogP contribution is -2.52. The third-order valence-corrected chi connectivity index (χ3v) is 7.22. The van der Waals surface area contributed by atoms with Crippen molar-refractivity contribution in [3.63, 3.8) is 0 Å². The van der Waals surface area contributed by atoms with Gasteiger partial charge >= 0.3 is 0 Å². The Morgan fingerprint density at radius 3 is 2.44 bits per heavy atom. The van der Waals surface area contributed by atoms with Gasteiger partial charge in [0.25, 0.3) is 0 Å². The zero-order valence-corrected chi connectivity index (χ0v) is 17.9. The molecule has 1 amide bonds. The van der Waals surface area contributed by atoms with Crippen molar-refractivity contribution in [2.24, 2.45) is 5.92 Å². The molecule has 0 unspecified atom stereocenters. The zero-order valence-electron chi connectivity index (χ0n) is 17.1. The van der Waals surface area contributed by atoms with Crippen molar-refractivity contribution in [2.45, 2.75) is 57.0 Å². The molecule has 1 aliphatic rings. The molecule has 1 aliphatic heterocycles. The highest BCUT2D eigenvalue weighted by Gasteiger charge is 2.33. The van der Waals surface area contributed by atoms with Crippen LogP contribution in [0.25, 0.3) is 0 Å². The molecular weight excluding hydrogens is 362 g/mol. The first-order valence-electron chi connectivity index (χ1n) is 9.67. The number of carbonyl (C=O) groups is 1. The maximum Gasteiger partial charge on any atom is 0.243 e. The maximum atomic E-state index is 12.9. The molecule has 152 valence electrons. The van der Waals surface area contributed by atoms with Gasteiger partial charge in [-0.05, 0) is 56.8 Å².